The highest BCUT2D eigenvalue weighted by Crippen LogP contribution is 2.38. The molecule has 1 saturated heterocycles. The Morgan fingerprint density at radius 2 is 1.57 bits per heavy atom. The SMILES string of the molecule is CCN(CC)CC[C@H](CSc1ccccc1)Nc1ccc(S(=O)(=O)Nc2ncnc3cc(N4CCN(Cc5cc(Cl)ccc5-c5ccccc5)CC4)ccc23)cc1C(F)(F)F. The summed E-state index contributed by atoms with van der Waals surface area (Å²) in [4.78, 5) is 16.0. The highest BCUT2D eigenvalue weighted by Gasteiger charge is 2.36. The van der Waals surface area contributed by atoms with Crippen molar-refractivity contribution in [1.82, 2.24) is 19.8 Å². The van der Waals surface area contributed by atoms with Crippen LogP contribution < -0.4 is 14.9 Å². The molecule has 15 heteroatoms. The topological polar surface area (TPSA) is 93.7 Å². The lowest BCUT2D eigenvalue weighted by molar-refractivity contribution is -0.137. The van der Waals surface area contributed by atoms with Gasteiger partial charge in [0.05, 0.1) is 16.0 Å². The summed E-state index contributed by atoms with van der Waals surface area (Å²) in [5.41, 5.74) is 3.64. The summed E-state index contributed by atoms with van der Waals surface area (Å²) in [6.45, 7) is 10.3. The Balaban J connectivity index is 1.04. The summed E-state index contributed by atoms with van der Waals surface area (Å²) in [6.07, 6.45) is -2.98. The molecule has 7 rings (SSSR count). The number of fused-ring (bicyclic) bond motifs is 1. The fraction of sp³-hybridized carbons (Fsp3) is 0.304. The molecular formula is C46H49ClF3N7O2S2. The van der Waals surface area contributed by atoms with Gasteiger partial charge >= 0.3 is 6.18 Å². The Morgan fingerprint density at radius 3 is 2.28 bits per heavy atom. The Morgan fingerprint density at radius 1 is 0.852 bits per heavy atom. The highest BCUT2D eigenvalue weighted by molar-refractivity contribution is 7.99. The van der Waals surface area contributed by atoms with Crippen LogP contribution in [0.5, 0.6) is 0 Å². The van der Waals surface area contributed by atoms with Crippen molar-refractivity contribution in [1.29, 1.82) is 0 Å². The van der Waals surface area contributed by atoms with Crippen molar-refractivity contribution in [3.8, 4) is 11.1 Å². The van der Waals surface area contributed by atoms with Gasteiger partial charge < -0.3 is 15.1 Å². The number of rotatable bonds is 17. The molecule has 6 aromatic rings. The number of alkyl halides is 3. The van der Waals surface area contributed by atoms with Gasteiger partial charge in [0.25, 0.3) is 10.0 Å². The first kappa shape index (κ1) is 44.2. The van der Waals surface area contributed by atoms with Crippen LogP contribution in [-0.2, 0) is 22.7 Å². The Labute approximate surface area is 365 Å². The van der Waals surface area contributed by atoms with E-state index in [1.807, 2.05) is 72.8 Å². The van der Waals surface area contributed by atoms with Gasteiger partial charge in [0, 0.05) is 77.7 Å². The standard InChI is InChI=1S/C46H49ClF3N7O2S2/c1-3-55(4-2)22-21-36(31-60-38-13-9-6-10-14-38)53-43-20-17-39(29-42(43)46(48,49)50)61(58,59)54-45-41-19-16-37(28-44(41)51-32-52-45)57-25-23-56(24-26-57)30-34-27-35(47)15-18-40(34)33-11-7-5-8-12-33/h5-20,27-29,32,36,53H,3-4,21-26,30-31H2,1-2H3,(H,51,52,54)/t36-/m1/s1. The third kappa shape index (κ3) is 11.3. The maximum absolute atomic E-state index is 14.7. The summed E-state index contributed by atoms with van der Waals surface area (Å²) < 4.78 is 74.0. The molecule has 0 radical (unpaired) electrons. The van der Waals surface area contributed by atoms with E-state index < -0.39 is 26.7 Å². The monoisotopic (exact) mass is 887 g/mol. The minimum Gasteiger partial charge on any atom is -0.381 e. The van der Waals surface area contributed by atoms with Crippen LogP contribution in [0.25, 0.3) is 22.0 Å². The molecule has 0 saturated carbocycles. The molecule has 1 atom stereocenters. The second kappa shape index (κ2) is 19.9. The van der Waals surface area contributed by atoms with Gasteiger partial charge in [-0.15, -0.1) is 11.8 Å². The molecule has 2 heterocycles. The molecule has 1 fully saturated rings. The quantitative estimate of drug-likeness (QED) is 0.0869. The zero-order valence-corrected chi connectivity index (χ0v) is 36.5. The van der Waals surface area contributed by atoms with E-state index >= 15 is 0 Å². The molecule has 1 aliphatic rings. The van der Waals surface area contributed by atoms with Crippen molar-refractivity contribution in [2.45, 2.75) is 48.8 Å². The van der Waals surface area contributed by atoms with Crippen molar-refractivity contribution in [3.63, 3.8) is 0 Å². The lowest BCUT2D eigenvalue weighted by Gasteiger charge is -2.36. The molecule has 1 aromatic heterocycles. The van der Waals surface area contributed by atoms with E-state index in [4.69, 9.17) is 11.6 Å². The smallest absolute Gasteiger partial charge is 0.381 e. The highest BCUT2D eigenvalue weighted by atomic mass is 35.5. The van der Waals surface area contributed by atoms with E-state index in [0.717, 1.165) is 73.1 Å². The predicted octanol–water partition coefficient (Wildman–Crippen LogP) is 10.4. The van der Waals surface area contributed by atoms with Crippen LogP contribution in [0.4, 0.5) is 30.4 Å². The number of nitrogens with one attached hydrogen (secondary N) is 2. The summed E-state index contributed by atoms with van der Waals surface area (Å²) >= 11 is 7.98. The first-order valence-electron chi connectivity index (χ1n) is 20.4. The minimum absolute atomic E-state index is 0.0257. The number of benzene rings is 5. The average molecular weight is 889 g/mol. The van der Waals surface area contributed by atoms with E-state index in [1.54, 1.807) is 17.8 Å². The summed E-state index contributed by atoms with van der Waals surface area (Å²) in [7, 11) is -4.50. The van der Waals surface area contributed by atoms with E-state index in [0.29, 0.717) is 40.7 Å². The van der Waals surface area contributed by atoms with E-state index in [2.05, 4.69) is 66.8 Å². The summed E-state index contributed by atoms with van der Waals surface area (Å²) in [6, 6.07) is 34.2. The molecule has 1 aliphatic heterocycles. The first-order chi connectivity index (χ1) is 29.4. The average Bonchev–Trinajstić information content (AvgIpc) is 3.26. The number of piperazine rings is 1. The molecule has 9 nitrogen and oxygen atoms in total. The van der Waals surface area contributed by atoms with Crippen LogP contribution in [0.2, 0.25) is 5.02 Å². The van der Waals surface area contributed by atoms with Gasteiger partial charge in [-0.1, -0.05) is 80.0 Å². The zero-order valence-electron chi connectivity index (χ0n) is 34.1. The van der Waals surface area contributed by atoms with Gasteiger partial charge in [0.15, 0.2) is 5.82 Å². The second-order valence-corrected chi connectivity index (χ2v) is 18.2. The summed E-state index contributed by atoms with van der Waals surface area (Å²) in [5.74, 6) is 0.491. The molecule has 0 unspecified atom stereocenters. The molecule has 2 N–H and O–H groups in total. The van der Waals surface area contributed by atoms with Crippen LogP contribution in [0.1, 0.15) is 31.4 Å². The lowest BCUT2D eigenvalue weighted by atomic mass is 9.99. The second-order valence-electron chi connectivity index (χ2n) is 14.9. The van der Waals surface area contributed by atoms with Crippen LogP contribution in [0, 0.1) is 0 Å². The minimum atomic E-state index is -4.83. The van der Waals surface area contributed by atoms with Crippen molar-refractivity contribution in [2.24, 2.45) is 0 Å². The molecule has 0 amide bonds. The maximum atomic E-state index is 14.7. The number of halogens is 4. The Bertz CT molecular complexity index is 2510. The molecule has 0 aliphatic carbocycles. The number of thioether (sulfide) groups is 1. The lowest BCUT2D eigenvalue weighted by Crippen LogP contribution is -2.46. The van der Waals surface area contributed by atoms with E-state index in [-0.39, 0.29) is 17.5 Å². The van der Waals surface area contributed by atoms with Crippen molar-refractivity contribution in [3.05, 3.63) is 138 Å². The Hall–Kier alpha value is -4.86. The number of anilines is 3. The van der Waals surface area contributed by atoms with E-state index in [1.165, 1.54) is 18.5 Å². The fourth-order valence-electron chi connectivity index (χ4n) is 7.57. The van der Waals surface area contributed by atoms with Crippen LogP contribution >= 0.6 is 23.4 Å². The molecular weight excluding hydrogens is 839 g/mol. The van der Waals surface area contributed by atoms with Crippen molar-refractivity contribution < 1.29 is 21.6 Å². The zero-order chi connectivity index (χ0) is 43.0. The van der Waals surface area contributed by atoms with Gasteiger partial charge in [0.2, 0.25) is 0 Å². The molecule has 5 aromatic carbocycles. The number of nitrogens with zero attached hydrogens (tertiary/aromatic N) is 5. The Kier molecular flexibility index (Phi) is 14.4. The normalized spacial score (nSPS) is 14.4. The number of aromatic nitrogens is 2. The van der Waals surface area contributed by atoms with Crippen LogP contribution in [0.3, 0.4) is 0 Å². The van der Waals surface area contributed by atoms with Gasteiger partial charge in [-0.25, -0.2) is 18.4 Å². The number of sulfonamides is 1. The number of hydrogen-bond acceptors (Lipinski definition) is 9. The third-order valence-electron chi connectivity index (χ3n) is 11.0. The fourth-order valence-corrected chi connectivity index (χ4v) is 9.81. The van der Waals surface area contributed by atoms with Gasteiger partial charge in [0.1, 0.15) is 6.33 Å². The molecule has 0 bridgehead atoms. The van der Waals surface area contributed by atoms with Gasteiger partial charge in [-0.2, -0.15) is 13.2 Å². The molecule has 0 spiro atoms. The van der Waals surface area contributed by atoms with Crippen molar-refractivity contribution >= 4 is 61.5 Å². The van der Waals surface area contributed by atoms with Gasteiger partial charge in [-0.05, 0) is 96.9 Å². The molecule has 61 heavy (non-hydrogen) atoms. The number of hydrogen-bond donors (Lipinski definition) is 2. The van der Waals surface area contributed by atoms with E-state index in [9.17, 15) is 21.6 Å². The van der Waals surface area contributed by atoms with Gasteiger partial charge in [-0.3, -0.25) is 9.62 Å². The predicted molar refractivity (Wildman–Crippen MR) is 243 cm³/mol. The van der Waals surface area contributed by atoms with Crippen molar-refractivity contribution in [2.75, 3.05) is 66.5 Å². The summed E-state index contributed by atoms with van der Waals surface area (Å²) in [5, 5.41) is 4.24. The van der Waals surface area contributed by atoms with Crippen LogP contribution in [-0.4, -0.2) is 85.8 Å². The van der Waals surface area contributed by atoms with Crippen LogP contribution in [0.15, 0.2) is 131 Å². The first-order valence-corrected chi connectivity index (χ1v) is 23.2. The maximum Gasteiger partial charge on any atom is 0.418 e. The third-order valence-corrected chi connectivity index (χ3v) is 13.7. The largest absolute Gasteiger partial charge is 0.418 e. The molecule has 320 valence electrons.